The fourth-order valence-electron chi connectivity index (χ4n) is 0.770. The van der Waals surface area contributed by atoms with Gasteiger partial charge >= 0.3 is 0 Å². The second-order valence-corrected chi connectivity index (χ2v) is 2.22. The lowest BCUT2D eigenvalue weighted by Crippen LogP contribution is -1.76. The predicted molar refractivity (Wildman–Crippen MR) is 45.9 cm³/mol. The van der Waals surface area contributed by atoms with Gasteiger partial charge in [-0.15, -0.1) is 0 Å². The third-order valence-corrected chi connectivity index (χ3v) is 1.53. The summed E-state index contributed by atoms with van der Waals surface area (Å²) in [6.07, 6.45) is 0. The Morgan fingerprint density at radius 2 is 2.00 bits per heavy atom. The second-order valence-electron chi connectivity index (χ2n) is 2.00. The minimum atomic E-state index is 0.493. The fourth-order valence-corrected chi connectivity index (χ4v) is 0.944. The monoisotopic (exact) mass is 163 g/mol. The molecule has 0 fully saturated rings. The molecule has 0 aliphatic rings. The van der Waals surface area contributed by atoms with Crippen LogP contribution in [0.3, 0.4) is 0 Å². The van der Waals surface area contributed by atoms with Crippen LogP contribution in [0.15, 0.2) is 35.9 Å². The second kappa shape index (κ2) is 3.80. The maximum atomic E-state index is 8.58. The van der Waals surface area contributed by atoms with Crippen LogP contribution >= 0.6 is 11.6 Å². The average Bonchev–Trinajstić information content (AvgIpc) is 2.09. The molecular formula is C9H6ClN. The molecule has 0 N–H and O–H groups in total. The number of benzene rings is 1. The van der Waals surface area contributed by atoms with Crippen molar-refractivity contribution in [3.8, 4) is 6.07 Å². The third kappa shape index (κ3) is 1.83. The standard InChI is InChI=1S/C9H6ClN/c10-6-9(7-11)8-4-2-1-3-5-8/h1-6H. The Hall–Kier alpha value is -1.26. The van der Waals surface area contributed by atoms with Gasteiger partial charge in [-0.05, 0) is 5.56 Å². The summed E-state index contributed by atoms with van der Waals surface area (Å²) < 4.78 is 0. The first-order valence-corrected chi connectivity index (χ1v) is 3.58. The molecule has 1 nitrogen and oxygen atoms in total. The van der Waals surface area contributed by atoms with Crippen LogP contribution in [-0.4, -0.2) is 0 Å². The zero-order valence-corrected chi connectivity index (χ0v) is 6.55. The zero-order valence-electron chi connectivity index (χ0n) is 5.79. The summed E-state index contributed by atoms with van der Waals surface area (Å²) in [5.41, 5.74) is 2.63. The highest BCUT2D eigenvalue weighted by Crippen LogP contribution is 2.12. The molecule has 0 aliphatic heterocycles. The van der Waals surface area contributed by atoms with Crippen LogP contribution in [0.1, 0.15) is 5.56 Å². The van der Waals surface area contributed by atoms with E-state index in [-0.39, 0.29) is 0 Å². The molecule has 11 heavy (non-hydrogen) atoms. The number of halogens is 1. The lowest BCUT2D eigenvalue weighted by atomic mass is 10.1. The maximum absolute atomic E-state index is 8.58. The van der Waals surface area contributed by atoms with Crippen LogP contribution < -0.4 is 0 Å². The van der Waals surface area contributed by atoms with Gasteiger partial charge in [0, 0.05) is 5.54 Å². The summed E-state index contributed by atoms with van der Waals surface area (Å²) in [7, 11) is 0. The zero-order chi connectivity index (χ0) is 8.10. The van der Waals surface area contributed by atoms with Crippen molar-refractivity contribution in [2.24, 2.45) is 0 Å². The van der Waals surface area contributed by atoms with Crippen LogP contribution in [0, 0.1) is 11.3 Å². The molecule has 0 atom stereocenters. The van der Waals surface area contributed by atoms with E-state index >= 15 is 0 Å². The Kier molecular flexibility index (Phi) is 2.71. The van der Waals surface area contributed by atoms with Crippen molar-refractivity contribution in [3.63, 3.8) is 0 Å². The van der Waals surface area contributed by atoms with Gasteiger partial charge in [0.25, 0.3) is 0 Å². The van der Waals surface area contributed by atoms with Crippen LogP contribution in [0.2, 0.25) is 0 Å². The quantitative estimate of drug-likeness (QED) is 0.584. The molecular weight excluding hydrogens is 158 g/mol. The molecule has 0 heterocycles. The molecule has 0 radical (unpaired) electrons. The first-order chi connectivity index (χ1) is 5.38. The van der Waals surface area contributed by atoms with Crippen molar-refractivity contribution in [1.82, 2.24) is 0 Å². The fraction of sp³-hybridized carbons (Fsp3) is 0. The summed E-state index contributed by atoms with van der Waals surface area (Å²) in [4.78, 5) is 0. The first-order valence-electron chi connectivity index (χ1n) is 3.14. The topological polar surface area (TPSA) is 23.8 Å². The van der Waals surface area contributed by atoms with E-state index in [1.165, 1.54) is 5.54 Å². The van der Waals surface area contributed by atoms with Gasteiger partial charge in [0.05, 0.1) is 5.57 Å². The van der Waals surface area contributed by atoms with Crippen molar-refractivity contribution < 1.29 is 0 Å². The highest BCUT2D eigenvalue weighted by atomic mass is 35.5. The van der Waals surface area contributed by atoms with E-state index in [2.05, 4.69) is 0 Å². The van der Waals surface area contributed by atoms with Crippen molar-refractivity contribution in [3.05, 3.63) is 41.4 Å². The van der Waals surface area contributed by atoms with Gasteiger partial charge in [0.1, 0.15) is 6.07 Å². The van der Waals surface area contributed by atoms with Crippen molar-refractivity contribution >= 4 is 17.2 Å². The summed E-state index contributed by atoms with van der Waals surface area (Å²) in [6.45, 7) is 0. The number of rotatable bonds is 1. The maximum Gasteiger partial charge on any atom is 0.101 e. The molecule has 0 amide bonds. The van der Waals surface area contributed by atoms with E-state index in [9.17, 15) is 0 Å². The lowest BCUT2D eigenvalue weighted by Gasteiger charge is -1.93. The largest absolute Gasteiger partial charge is 0.192 e. The lowest BCUT2D eigenvalue weighted by molar-refractivity contribution is 1.52. The number of nitriles is 1. The van der Waals surface area contributed by atoms with Crippen LogP contribution in [-0.2, 0) is 0 Å². The molecule has 0 unspecified atom stereocenters. The highest BCUT2D eigenvalue weighted by molar-refractivity contribution is 6.29. The van der Waals surface area contributed by atoms with Gasteiger partial charge in [-0.2, -0.15) is 5.26 Å². The van der Waals surface area contributed by atoms with Crippen molar-refractivity contribution in [1.29, 1.82) is 5.26 Å². The van der Waals surface area contributed by atoms with Gasteiger partial charge in [-0.25, -0.2) is 0 Å². The third-order valence-electron chi connectivity index (χ3n) is 1.31. The molecule has 0 aromatic heterocycles. The molecule has 54 valence electrons. The van der Waals surface area contributed by atoms with E-state index in [0.717, 1.165) is 5.56 Å². The number of allylic oxidation sites excluding steroid dienone is 1. The van der Waals surface area contributed by atoms with Crippen LogP contribution in [0.5, 0.6) is 0 Å². The van der Waals surface area contributed by atoms with Gasteiger partial charge in [0.2, 0.25) is 0 Å². The number of hydrogen-bond acceptors (Lipinski definition) is 1. The highest BCUT2D eigenvalue weighted by Gasteiger charge is 1.95. The van der Waals surface area contributed by atoms with Crippen LogP contribution in [0.4, 0.5) is 0 Å². The molecule has 1 aromatic rings. The van der Waals surface area contributed by atoms with E-state index in [1.54, 1.807) is 0 Å². The average molecular weight is 164 g/mol. The summed E-state index contributed by atoms with van der Waals surface area (Å²) >= 11 is 5.42. The molecule has 0 bridgehead atoms. The number of hydrogen-bond donors (Lipinski definition) is 0. The molecule has 1 aromatic carbocycles. The SMILES string of the molecule is N#CC(=CCl)c1ccccc1. The van der Waals surface area contributed by atoms with E-state index in [0.29, 0.717) is 5.57 Å². The van der Waals surface area contributed by atoms with E-state index < -0.39 is 0 Å². The minimum absolute atomic E-state index is 0.493. The van der Waals surface area contributed by atoms with Crippen LogP contribution in [0.25, 0.3) is 5.57 Å². The van der Waals surface area contributed by atoms with Crippen molar-refractivity contribution in [2.45, 2.75) is 0 Å². The Morgan fingerprint density at radius 3 is 2.45 bits per heavy atom. The molecule has 0 saturated heterocycles. The van der Waals surface area contributed by atoms with Gasteiger partial charge < -0.3 is 0 Å². The predicted octanol–water partition coefficient (Wildman–Crippen LogP) is 2.79. The van der Waals surface area contributed by atoms with Gasteiger partial charge in [-0.3, -0.25) is 0 Å². The summed E-state index contributed by atoms with van der Waals surface area (Å²) in [5.74, 6) is 0. The normalized spacial score (nSPS) is 10.7. The Bertz CT molecular complexity index is 295. The van der Waals surface area contributed by atoms with E-state index in [4.69, 9.17) is 16.9 Å². The minimum Gasteiger partial charge on any atom is -0.192 e. The summed E-state index contributed by atoms with van der Waals surface area (Å²) in [6, 6.07) is 11.3. The first kappa shape index (κ1) is 7.84. The Labute approximate surface area is 70.5 Å². The Balaban J connectivity index is 3.05. The Morgan fingerprint density at radius 1 is 1.36 bits per heavy atom. The molecule has 0 saturated carbocycles. The van der Waals surface area contributed by atoms with E-state index in [1.807, 2.05) is 36.4 Å². The van der Waals surface area contributed by atoms with Gasteiger partial charge in [-0.1, -0.05) is 41.9 Å². The molecule has 2 heteroatoms. The number of nitrogens with zero attached hydrogens (tertiary/aromatic N) is 1. The van der Waals surface area contributed by atoms with Gasteiger partial charge in [0.15, 0.2) is 0 Å². The molecule has 0 spiro atoms. The summed E-state index contributed by atoms with van der Waals surface area (Å²) in [5, 5.41) is 8.58. The molecule has 0 aliphatic carbocycles. The smallest absolute Gasteiger partial charge is 0.101 e. The van der Waals surface area contributed by atoms with Crippen molar-refractivity contribution in [2.75, 3.05) is 0 Å². The molecule has 1 rings (SSSR count).